The molecule has 2 N–H and O–H groups in total. The van der Waals surface area contributed by atoms with Crippen molar-refractivity contribution in [3.05, 3.63) is 58.3 Å². The summed E-state index contributed by atoms with van der Waals surface area (Å²) >= 11 is 0. The zero-order chi connectivity index (χ0) is 20.3. The predicted octanol–water partition coefficient (Wildman–Crippen LogP) is 4.39. The van der Waals surface area contributed by atoms with E-state index in [1.54, 1.807) is 0 Å². The molecule has 0 unspecified atom stereocenters. The summed E-state index contributed by atoms with van der Waals surface area (Å²) in [6, 6.07) is 2.75. The van der Waals surface area contributed by atoms with Crippen LogP contribution in [0.4, 0.5) is 19.4 Å². The van der Waals surface area contributed by atoms with E-state index in [1.165, 1.54) is 4.57 Å². The van der Waals surface area contributed by atoms with E-state index in [9.17, 15) is 29.0 Å². The van der Waals surface area contributed by atoms with Gasteiger partial charge >= 0.3 is 10.2 Å². The molecular formula is C16H16F5N3O2S. The van der Waals surface area contributed by atoms with E-state index in [0.29, 0.717) is 25.0 Å². The number of hydrogen-bond acceptors (Lipinski definition) is 3. The van der Waals surface area contributed by atoms with E-state index in [-0.39, 0.29) is 11.3 Å². The van der Waals surface area contributed by atoms with Crippen LogP contribution in [0.2, 0.25) is 0 Å². The van der Waals surface area contributed by atoms with Gasteiger partial charge in [-0.05, 0) is 36.0 Å². The van der Waals surface area contributed by atoms with Crippen LogP contribution < -0.4 is 11.3 Å². The Morgan fingerprint density at radius 3 is 2.15 bits per heavy atom. The monoisotopic (exact) mass is 409 g/mol. The number of benzene rings is 1. The zero-order valence-corrected chi connectivity index (χ0v) is 14.9. The van der Waals surface area contributed by atoms with Gasteiger partial charge in [-0.3, -0.25) is 14.2 Å². The van der Waals surface area contributed by atoms with Crippen LogP contribution in [0, 0.1) is 5.41 Å². The first kappa shape index (κ1) is 19.3. The Kier molecular flexibility index (Phi) is 3.64. The second kappa shape index (κ2) is 5.09. The number of amides is 1. The van der Waals surface area contributed by atoms with E-state index in [2.05, 4.69) is 4.98 Å². The van der Waals surface area contributed by atoms with Gasteiger partial charge in [0.05, 0.1) is 12.4 Å². The zero-order valence-electron chi connectivity index (χ0n) is 14.0. The fourth-order valence-corrected chi connectivity index (χ4v) is 3.67. The highest BCUT2D eigenvalue weighted by atomic mass is 32.5. The summed E-state index contributed by atoms with van der Waals surface area (Å²) < 4.78 is 65.8. The molecule has 0 spiro atoms. The molecule has 11 heteroatoms. The highest BCUT2D eigenvalue weighted by Crippen LogP contribution is 3.02. The van der Waals surface area contributed by atoms with Crippen LogP contribution in [0.1, 0.15) is 41.9 Å². The molecule has 1 amide bonds. The number of nitrogens with two attached hydrogens (primary N) is 1. The molecule has 1 heterocycles. The third-order valence-electron chi connectivity index (χ3n) is 4.71. The molecule has 1 aliphatic rings. The Bertz CT molecular complexity index is 983. The van der Waals surface area contributed by atoms with E-state index >= 15 is 0 Å². The number of carbonyl (C=O) groups excluding carboxylic acids is 1. The maximum absolute atomic E-state index is 12.9. The molecule has 5 nitrogen and oxygen atoms in total. The number of primary amides is 1. The summed E-state index contributed by atoms with van der Waals surface area (Å²) in [4.78, 5) is 25.3. The average Bonchev–Trinajstić information content (AvgIpc) is 3.25. The lowest BCUT2D eigenvalue weighted by atomic mass is 9.91. The lowest BCUT2D eigenvalue weighted by molar-refractivity contribution is 0.0995. The lowest BCUT2D eigenvalue weighted by Gasteiger charge is -2.40. The number of carbonyl (C=O) groups is 1. The smallest absolute Gasteiger partial charge is 0.310 e. The first-order valence-corrected chi connectivity index (χ1v) is 9.78. The Balaban J connectivity index is 2.09. The molecule has 1 atom stereocenters. The third-order valence-corrected chi connectivity index (χ3v) is 5.87. The molecule has 27 heavy (non-hydrogen) atoms. The fourth-order valence-electron chi connectivity index (χ4n) is 3.02. The van der Waals surface area contributed by atoms with Gasteiger partial charge in [-0.1, -0.05) is 38.5 Å². The molecule has 2 aromatic rings. The molecule has 1 aliphatic carbocycles. The minimum atomic E-state index is -9.78. The molecule has 1 saturated carbocycles. The Morgan fingerprint density at radius 2 is 1.74 bits per heavy atom. The van der Waals surface area contributed by atoms with Crippen LogP contribution in [-0.4, -0.2) is 15.5 Å². The molecule has 148 valence electrons. The standard InChI is InChI=1S/C16H16F5N3O2S/c1-16(6-7-16)14(24-9-23-12(15(22)26)8-13(24)25)10-2-4-11(5-3-10)27(17,18,19,20)21/h2-5,8-9,14H,6-7H2,1H3,(H2,22,26)/t14-/m0/s1. The van der Waals surface area contributed by atoms with Crippen molar-refractivity contribution in [3.8, 4) is 0 Å². The second-order valence-electron chi connectivity index (χ2n) is 6.98. The predicted molar refractivity (Wildman–Crippen MR) is 90.3 cm³/mol. The van der Waals surface area contributed by atoms with Crippen LogP contribution in [0.3, 0.4) is 0 Å². The van der Waals surface area contributed by atoms with Gasteiger partial charge in [0.15, 0.2) is 0 Å². The van der Waals surface area contributed by atoms with Crippen molar-refractivity contribution in [2.45, 2.75) is 30.7 Å². The molecule has 0 radical (unpaired) electrons. The second-order valence-corrected chi connectivity index (χ2v) is 9.39. The van der Waals surface area contributed by atoms with E-state index in [0.717, 1.165) is 24.5 Å². The Labute approximate surface area is 150 Å². The molecule has 0 aliphatic heterocycles. The molecule has 3 rings (SSSR count). The number of rotatable bonds is 5. The van der Waals surface area contributed by atoms with Crippen LogP contribution in [0.5, 0.6) is 0 Å². The summed E-state index contributed by atoms with van der Waals surface area (Å²) in [6.07, 6.45) is 2.46. The molecule has 0 saturated heterocycles. The number of hydrogen-bond donors (Lipinski definition) is 1. The molecule has 1 fully saturated rings. The van der Waals surface area contributed by atoms with Gasteiger partial charge in [-0.15, -0.1) is 0 Å². The summed E-state index contributed by atoms with van der Waals surface area (Å²) in [5.41, 5.74) is 4.03. The van der Waals surface area contributed by atoms with Crippen LogP contribution in [0.15, 0.2) is 46.3 Å². The number of nitrogens with zero attached hydrogens (tertiary/aromatic N) is 2. The van der Waals surface area contributed by atoms with Gasteiger partial charge in [-0.25, -0.2) is 4.98 Å². The Hall–Kier alpha value is -2.43. The van der Waals surface area contributed by atoms with Gasteiger partial charge in [0.25, 0.3) is 11.5 Å². The fraction of sp³-hybridized carbons (Fsp3) is 0.312. The first-order chi connectivity index (χ1) is 12.1. The summed E-state index contributed by atoms with van der Waals surface area (Å²) in [5, 5.41) is 0. The lowest BCUT2D eigenvalue weighted by Crippen LogP contribution is -2.31. The molecule has 1 aromatic heterocycles. The van der Waals surface area contributed by atoms with Crippen LogP contribution in [0.25, 0.3) is 0 Å². The van der Waals surface area contributed by atoms with Gasteiger partial charge in [0, 0.05) is 6.07 Å². The Morgan fingerprint density at radius 1 is 1.19 bits per heavy atom. The number of aromatic nitrogens is 2. The summed E-state index contributed by atoms with van der Waals surface area (Å²) in [6.45, 7) is 1.82. The van der Waals surface area contributed by atoms with Gasteiger partial charge in [0.1, 0.15) is 10.6 Å². The SMILES string of the molecule is CC1([C@H](c2ccc(S(F)(F)(F)(F)F)cc2)n2cnc(C(N)=O)cc2=O)CC1. The van der Waals surface area contributed by atoms with Crippen molar-refractivity contribution in [2.75, 3.05) is 0 Å². The summed E-state index contributed by atoms with van der Waals surface area (Å²) in [7, 11) is -9.78. The average molecular weight is 409 g/mol. The maximum atomic E-state index is 12.9. The molecule has 1 aromatic carbocycles. The van der Waals surface area contributed by atoms with Crippen molar-refractivity contribution >= 4 is 16.1 Å². The van der Waals surface area contributed by atoms with Crippen molar-refractivity contribution in [1.82, 2.24) is 9.55 Å². The van der Waals surface area contributed by atoms with Gasteiger partial charge in [0.2, 0.25) is 0 Å². The van der Waals surface area contributed by atoms with E-state index in [4.69, 9.17) is 5.73 Å². The van der Waals surface area contributed by atoms with E-state index < -0.39 is 38.0 Å². The minimum Gasteiger partial charge on any atom is -0.364 e. The van der Waals surface area contributed by atoms with Gasteiger partial charge in [-0.2, -0.15) is 0 Å². The maximum Gasteiger partial charge on any atom is 0.310 e. The van der Waals surface area contributed by atoms with Crippen molar-refractivity contribution in [3.63, 3.8) is 0 Å². The van der Waals surface area contributed by atoms with Gasteiger partial charge < -0.3 is 5.73 Å². The molecular weight excluding hydrogens is 393 g/mol. The van der Waals surface area contributed by atoms with Crippen LogP contribution >= 0.6 is 10.2 Å². The summed E-state index contributed by atoms with van der Waals surface area (Å²) in [5.74, 6) is -0.895. The van der Waals surface area contributed by atoms with Crippen molar-refractivity contribution in [1.29, 1.82) is 0 Å². The third kappa shape index (κ3) is 3.82. The van der Waals surface area contributed by atoms with E-state index in [1.807, 2.05) is 6.92 Å². The van der Waals surface area contributed by atoms with Crippen LogP contribution in [-0.2, 0) is 0 Å². The normalized spacial score (nSPS) is 19.6. The quantitative estimate of drug-likeness (QED) is 0.744. The van der Waals surface area contributed by atoms with Crippen molar-refractivity contribution < 1.29 is 24.2 Å². The minimum absolute atomic E-state index is 0.243. The topological polar surface area (TPSA) is 78.0 Å². The molecule has 0 bridgehead atoms. The number of halogens is 5. The highest BCUT2D eigenvalue weighted by Gasteiger charge is 2.65. The highest BCUT2D eigenvalue weighted by molar-refractivity contribution is 8.45. The largest absolute Gasteiger partial charge is 0.364 e. The first-order valence-electron chi connectivity index (χ1n) is 7.83. The van der Waals surface area contributed by atoms with Crippen molar-refractivity contribution in [2.24, 2.45) is 11.1 Å².